The van der Waals surface area contributed by atoms with Gasteiger partial charge in [0.1, 0.15) is 5.76 Å². The van der Waals surface area contributed by atoms with E-state index in [2.05, 4.69) is 15.4 Å². The Kier molecular flexibility index (Phi) is 5.45. The van der Waals surface area contributed by atoms with E-state index in [-0.39, 0.29) is 5.56 Å². The van der Waals surface area contributed by atoms with Gasteiger partial charge < -0.3 is 9.26 Å². The second-order valence-electron chi connectivity index (χ2n) is 6.37. The van der Waals surface area contributed by atoms with E-state index in [0.29, 0.717) is 41.8 Å². The van der Waals surface area contributed by atoms with Crippen molar-refractivity contribution >= 4 is 28.4 Å². The lowest BCUT2D eigenvalue weighted by atomic mass is 10.2. The maximum absolute atomic E-state index is 13.0. The number of ether oxygens (including phenoxy) is 1. The normalized spacial score (nSPS) is 11.6. The van der Waals surface area contributed by atoms with Crippen LogP contribution in [-0.4, -0.2) is 37.5 Å². The number of aromatic nitrogens is 5. The fraction of sp³-hybridized carbons (Fsp3) is 0.368. The average molecular weight is 399 g/mol. The van der Waals surface area contributed by atoms with Crippen LogP contribution in [0.1, 0.15) is 24.8 Å². The Hall–Kier alpha value is -2.65. The quantitative estimate of drug-likeness (QED) is 0.332. The summed E-state index contributed by atoms with van der Waals surface area (Å²) in [4.78, 5) is 13.0. The molecular weight excluding hydrogens is 378 g/mol. The summed E-state index contributed by atoms with van der Waals surface area (Å²) >= 11 is 1.50. The van der Waals surface area contributed by atoms with Gasteiger partial charge in [-0.15, -0.1) is 10.2 Å². The van der Waals surface area contributed by atoms with Crippen LogP contribution in [0, 0.1) is 6.92 Å². The van der Waals surface area contributed by atoms with Crippen LogP contribution < -0.4 is 5.56 Å². The molecule has 4 aromatic rings. The summed E-state index contributed by atoms with van der Waals surface area (Å²) in [6.45, 7) is 5.63. The van der Waals surface area contributed by atoms with E-state index in [1.165, 1.54) is 11.8 Å². The highest BCUT2D eigenvalue weighted by atomic mass is 32.2. The third-order valence-electron chi connectivity index (χ3n) is 4.37. The van der Waals surface area contributed by atoms with E-state index in [9.17, 15) is 4.79 Å². The molecule has 3 heterocycles. The molecule has 0 atom stereocenters. The molecule has 0 aliphatic rings. The molecule has 0 aliphatic carbocycles. The van der Waals surface area contributed by atoms with Crippen molar-refractivity contribution in [3.8, 4) is 0 Å². The molecule has 0 unspecified atom stereocenters. The van der Waals surface area contributed by atoms with Crippen LogP contribution in [0.4, 0.5) is 0 Å². The lowest BCUT2D eigenvalue weighted by molar-refractivity contribution is 0.141. The number of thioether (sulfide) groups is 1. The first-order valence-electron chi connectivity index (χ1n) is 9.18. The van der Waals surface area contributed by atoms with Crippen molar-refractivity contribution in [3.63, 3.8) is 0 Å². The highest BCUT2D eigenvalue weighted by molar-refractivity contribution is 7.98. The Morgan fingerprint density at radius 2 is 2.11 bits per heavy atom. The zero-order valence-corrected chi connectivity index (χ0v) is 16.6. The van der Waals surface area contributed by atoms with Crippen LogP contribution in [0.2, 0.25) is 0 Å². The number of rotatable bonds is 8. The van der Waals surface area contributed by atoms with Crippen LogP contribution in [0.3, 0.4) is 0 Å². The molecule has 146 valence electrons. The van der Waals surface area contributed by atoms with Gasteiger partial charge >= 0.3 is 0 Å². The molecular formula is C19H21N5O3S. The molecule has 0 saturated heterocycles. The smallest absolute Gasteiger partial charge is 0.262 e. The molecule has 9 heteroatoms. The summed E-state index contributed by atoms with van der Waals surface area (Å²) in [6, 6.07) is 9.44. The van der Waals surface area contributed by atoms with E-state index >= 15 is 0 Å². The van der Waals surface area contributed by atoms with Crippen LogP contribution in [0.5, 0.6) is 0 Å². The summed E-state index contributed by atoms with van der Waals surface area (Å²) in [6.07, 6.45) is 0.731. The molecule has 28 heavy (non-hydrogen) atoms. The lowest BCUT2D eigenvalue weighted by Gasteiger charge is -2.11. The number of para-hydroxylation sites is 1. The summed E-state index contributed by atoms with van der Waals surface area (Å²) in [5.74, 6) is 1.89. The first-order chi connectivity index (χ1) is 13.7. The molecule has 8 nitrogen and oxygen atoms in total. The maximum atomic E-state index is 13.0. The molecule has 0 bridgehead atoms. The molecule has 1 aromatic carbocycles. The van der Waals surface area contributed by atoms with Gasteiger partial charge in [0.05, 0.1) is 22.3 Å². The predicted octanol–water partition coefficient (Wildman–Crippen LogP) is 3.06. The Bertz CT molecular complexity index is 1160. The minimum atomic E-state index is -0.0607. The van der Waals surface area contributed by atoms with Gasteiger partial charge in [0, 0.05) is 25.8 Å². The van der Waals surface area contributed by atoms with Crippen LogP contribution in [0.25, 0.3) is 16.7 Å². The van der Waals surface area contributed by atoms with E-state index in [1.54, 1.807) is 4.57 Å². The third kappa shape index (κ3) is 3.55. The first kappa shape index (κ1) is 18.7. The highest BCUT2D eigenvalue weighted by Crippen LogP contribution is 2.25. The number of fused-ring (bicyclic) bond motifs is 3. The van der Waals surface area contributed by atoms with Crippen LogP contribution >= 0.6 is 11.8 Å². The molecule has 4 rings (SSSR count). The van der Waals surface area contributed by atoms with Gasteiger partial charge in [-0.1, -0.05) is 29.1 Å². The van der Waals surface area contributed by atoms with Gasteiger partial charge in [0.15, 0.2) is 5.16 Å². The van der Waals surface area contributed by atoms with Crippen LogP contribution in [0.15, 0.2) is 44.8 Å². The van der Waals surface area contributed by atoms with Gasteiger partial charge in [-0.25, -0.2) is 0 Å². The monoisotopic (exact) mass is 399 g/mol. The third-order valence-corrected chi connectivity index (χ3v) is 5.32. The first-order valence-corrected chi connectivity index (χ1v) is 10.2. The van der Waals surface area contributed by atoms with E-state index in [4.69, 9.17) is 9.26 Å². The SMILES string of the molecule is CCOCCCn1c(=O)c2ccccc2n2c(SCc3cc(C)no3)nnc12. The highest BCUT2D eigenvalue weighted by Gasteiger charge is 2.17. The summed E-state index contributed by atoms with van der Waals surface area (Å²) in [7, 11) is 0. The van der Waals surface area contributed by atoms with Crippen molar-refractivity contribution in [2.24, 2.45) is 0 Å². The van der Waals surface area contributed by atoms with Gasteiger partial charge in [0.25, 0.3) is 5.56 Å². The second-order valence-corrected chi connectivity index (χ2v) is 7.31. The van der Waals surface area contributed by atoms with Gasteiger partial charge in [-0.2, -0.15) is 0 Å². The second kappa shape index (κ2) is 8.15. The Morgan fingerprint density at radius 3 is 2.89 bits per heavy atom. The maximum Gasteiger partial charge on any atom is 0.262 e. The van der Waals surface area contributed by atoms with Crippen molar-refractivity contribution in [2.75, 3.05) is 13.2 Å². The zero-order chi connectivity index (χ0) is 19.5. The van der Waals surface area contributed by atoms with E-state index in [0.717, 1.165) is 23.4 Å². The number of nitrogens with zero attached hydrogens (tertiary/aromatic N) is 5. The molecule has 3 aromatic heterocycles. The van der Waals surface area contributed by atoms with E-state index in [1.807, 2.05) is 48.6 Å². The standard InChI is InChI=1S/C19H21N5O3S/c1-3-26-10-6-9-23-17(25)15-7-4-5-8-16(15)24-18(23)20-21-19(24)28-12-14-11-13(2)22-27-14/h4-5,7-8,11H,3,6,9-10,12H2,1-2H3. The Balaban J connectivity index is 1.75. The topological polar surface area (TPSA) is 87.5 Å². The number of hydrogen-bond donors (Lipinski definition) is 0. The van der Waals surface area contributed by atoms with Gasteiger partial charge in [-0.3, -0.25) is 13.8 Å². The largest absolute Gasteiger partial charge is 0.382 e. The number of aryl methyl sites for hydroxylation is 2. The zero-order valence-electron chi connectivity index (χ0n) is 15.8. The minimum absolute atomic E-state index is 0.0607. The molecule has 0 radical (unpaired) electrons. The molecule has 0 saturated carbocycles. The number of hydrogen-bond acceptors (Lipinski definition) is 7. The lowest BCUT2D eigenvalue weighted by Crippen LogP contribution is -2.24. The van der Waals surface area contributed by atoms with Crippen molar-refractivity contribution in [1.82, 2.24) is 24.3 Å². The van der Waals surface area contributed by atoms with Crippen LogP contribution in [-0.2, 0) is 17.0 Å². The molecule has 0 spiro atoms. The Labute approximate surface area is 165 Å². The summed E-state index contributed by atoms with van der Waals surface area (Å²) < 4.78 is 14.3. The van der Waals surface area contributed by atoms with Crippen molar-refractivity contribution in [3.05, 3.63) is 52.1 Å². The van der Waals surface area contributed by atoms with Crippen molar-refractivity contribution < 1.29 is 9.26 Å². The van der Waals surface area contributed by atoms with Crippen molar-refractivity contribution in [1.29, 1.82) is 0 Å². The molecule has 0 aliphatic heterocycles. The summed E-state index contributed by atoms with van der Waals surface area (Å²) in [5, 5.41) is 13.9. The van der Waals surface area contributed by atoms with Gasteiger partial charge in [-0.05, 0) is 32.4 Å². The van der Waals surface area contributed by atoms with E-state index < -0.39 is 0 Å². The molecule has 0 fully saturated rings. The fourth-order valence-corrected chi connectivity index (χ4v) is 3.93. The van der Waals surface area contributed by atoms with Gasteiger partial charge in [0.2, 0.25) is 5.78 Å². The summed E-state index contributed by atoms with van der Waals surface area (Å²) in [5.41, 5.74) is 1.58. The average Bonchev–Trinajstić information content (AvgIpc) is 3.32. The minimum Gasteiger partial charge on any atom is -0.382 e. The Morgan fingerprint density at radius 1 is 1.25 bits per heavy atom. The van der Waals surface area contributed by atoms with Crippen molar-refractivity contribution in [2.45, 2.75) is 37.7 Å². The molecule has 0 N–H and O–H groups in total. The number of benzene rings is 1. The fourth-order valence-electron chi connectivity index (χ4n) is 3.12. The molecule has 0 amide bonds. The predicted molar refractivity (Wildman–Crippen MR) is 107 cm³/mol.